The highest BCUT2D eigenvalue weighted by Gasteiger charge is 2.39. The van der Waals surface area contributed by atoms with Crippen molar-refractivity contribution in [1.29, 1.82) is 0 Å². The molecule has 0 saturated heterocycles. The number of Topliss-reactive ketones (excluding diaryl/α,β-unsaturated/α-hetero) is 1. The van der Waals surface area contributed by atoms with Crippen LogP contribution in [0.3, 0.4) is 0 Å². The summed E-state index contributed by atoms with van der Waals surface area (Å²) in [6.07, 6.45) is 5.42. The van der Waals surface area contributed by atoms with Gasteiger partial charge in [0.15, 0.2) is 5.78 Å². The van der Waals surface area contributed by atoms with Crippen LogP contribution in [0.15, 0.2) is 42.5 Å². The maximum absolute atomic E-state index is 13.4. The van der Waals surface area contributed by atoms with Crippen LogP contribution in [0.2, 0.25) is 10.0 Å². The van der Waals surface area contributed by atoms with E-state index in [1.165, 1.54) is 17.4 Å². The van der Waals surface area contributed by atoms with Crippen LogP contribution in [-0.4, -0.2) is 60.8 Å². The molecule has 1 saturated carbocycles. The molecule has 3 atom stereocenters. The lowest BCUT2D eigenvalue weighted by Gasteiger charge is -2.30. The molecule has 2 aromatic rings. The third-order valence-corrected chi connectivity index (χ3v) is 8.13. The third-order valence-electron chi connectivity index (χ3n) is 7.39. The van der Waals surface area contributed by atoms with Crippen molar-refractivity contribution in [2.24, 2.45) is 5.92 Å². The van der Waals surface area contributed by atoms with Crippen molar-refractivity contribution in [3.8, 4) is 5.75 Å². The smallest absolute Gasteiger partial charge is 0.243 e. The molecule has 218 valence electrons. The van der Waals surface area contributed by atoms with Gasteiger partial charge in [0.25, 0.3) is 0 Å². The minimum atomic E-state index is -0.757. The Morgan fingerprint density at radius 3 is 2.48 bits per heavy atom. The van der Waals surface area contributed by atoms with Crippen LogP contribution in [0.5, 0.6) is 5.75 Å². The number of amides is 2. The van der Waals surface area contributed by atoms with Crippen LogP contribution in [0.4, 0.5) is 0 Å². The monoisotopic (exact) mass is 589 g/mol. The molecular weight excluding hydrogens is 549 g/mol. The zero-order chi connectivity index (χ0) is 29.2. The number of likely N-dealkylation sites (N-methyl/N-ethyl adjacent to an activating group) is 1. The number of rotatable bonds is 16. The molecule has 3 rings (SSSR count). The van der Waals surface area contributed by atoms with Crippen LogP contribution in [0, 0.1) is 5.92 Å². The average Bonchev–Trinajstić information content (AvgIpc) is 3.78. The maximum Gasteiger partial charge on any atom is 0.243 e. The van der Waals surface area contributed by atoms with Crippen LogP contribution in [-0.2, 0) is 27.2 Å². The SMILES string of the molecule is CCCCc1ccccc1OCCN[C@H](C(=O)N(C)[C@H](C)C(=O)N[C@H](Cc1ccc(Cl)c(Cl)c1)C(C)=O)C1CC1. The van der Waals surface area contributed by atoms with Gasteiger partial charge >= 0.3 is 0 Å². The summed E-state index contributed by atoms with van der Waals surface area (Å²) in [5.74, 6) is 0.404. The van der Waals surface area contributed by atoms with E-state index in [-0.39, 0.29) is 30.1 Å². The number of halogens is 2. The number of benzene rings is 2. The second-order valence-corrected chi connectivity index (χ2v) is 11.4. The topological polar surface area (TPSA) is 87.7 Å². The molecule has 0 heterocycles. The Labute approximate surface area is 247 Å². The predicted molar refractivity (Wildman–Crippen MR) is 160 cm³/mol. The van der Waals surface area contributed by atoms with E-state index in [0.717, 1.165) is 43.4 Å². The van der Waals surface area contributed by atoms with Gasteiger partial charge in [-0.05, 0) is 81.2 Å². The molecule has 1 fully saturated rings. The van der Waals surface area contributed by atoms with Crippen molar-refractivity contribution in [3.05, 3.63) is 63.6 Å². The Balaban J connectivity index is 1.54. The molecular formula is C31H41Cl2N3O4. The quantitative estimate of drug-likeness (QED) is 0.261. The zero-order valence-corrected chi connectivity index (χ0v) is 25.4. The Morgan fingerprint density at radius 2 is 1.82 bits per heavy atom. The number of nitrogens with zero attached hydrogens (tertiary/aromatic N) is 1. The van der Waals surface area contributed by atoms with Crippen LogP contribution < -0.4 is 15.4 Å². The van der Waals surface area contributed by atoms with Gasteiger partial charge in [0.2, 0.25) is 11.8 Å². The molecule has 0 unspecified atom stereocenters. The van der Waals surface area contributed by atoms with Gasteiger partial charge in [0.05, 0.1) is 22.1 Å². The lowest BCUT2D eigenvalue weighted by atomic mass is 10.0. The Kier molecular flexibility index (Phi) is 12.3. The van der Waals surface area contributed by atoms with Crippen molar-refractivity contribution >= 4 is 40.8 Å². The van der Waals surface area contributed by atoms with Crippen LogP contribution in [0.25, 0.3) is 0 Å². The minimum absolute atomic E-state index is 0.141. The highest BCUT2D eigenvalue weighted by molar-refractivity contribution is 6.42. The molecule has 2 N–H and O–H groups in total. The van der Waals surface area contributed by atoms with Gasteiger partial charge in [-0.3, -0.25) is 14.4 Å². The van der Waals surface area contributed by atoms with E-state index in [2.05, 4.69) is 23.6 Å². The summed E-state index contributed by atoms with van der Waals surface area (Å²) in [4.78, 5) is 40.3. The number of unbranched alkanes of at least 4 members (excludes halogenated alkanes) is 1. The molecule has 1 aliphatic carbocycles. The fraction of sp³-hybridized carbons (Fsp3) is 0.516. The number of nitrogens with one attached hydrogen (secondary N) is 2. The molecule has 40 heavy (non-hydrogen) atoms. The first-order chi connectivity index (χ1) is 19.1. The number of para-hydroxylation sites is 1. The summed E-state index contributed by atoms with van der Waals surface area (Å²) in [7, 11) is 1.63. The van der Waals surface area contributed by atoms with Gasteiger partial charge < -0.3 is 20.3 Å². The number of hydrogen-bond acceptors (Lipinski definition) is 5. The third kappa shape index (κ3) is 9.22. The molecule has 0 aliphatic heterocycles. The molecule has 0 spiro atoms. The first-order valence-electron chi connectivity index (χ1n) is 14.1. The normalized spacial score (nSPS) is 15.2. The van der Waals surface area contributed by atoms with E-state index in [0.29, 0.717) is 23.2 Å². The summed E-state index contributed by atoms with van der Waals surface area (Å²) >= 11 is 12.1. The van der Waals surface area contributed by atoms with Gasteiger partial charge in [-0.15, -0.1) is 0 Å². The first-order valence-corrected chi connectivity index (χ1v) is 14.8. The predicted octanol–water partition coefficient (Wildman–Crippen LogP) is 5.25. The van der Waals surface area contributed by atoms with E-state index >= 15 is 0 Å². The molecule has 2 amide bonds. The lowest BCUT2D eigenvalue weighted by Crippen LogP contribution is -2.55. The van der Waals surface area contributed by atoms with Crippen molar-refractivity contribution in [1.82, 2.24) is 15.5 Å². The molecule has 9 heteroatoms. The Morgan fingerprint density at radius 1 is 1.10 bits per heavy atom. The van der Waals surface area contributed by atoms with Crippen LogP contribution >= 0.6 is 23.2 Å². The van der Waals surface area contributed by atoms with Gasteiger partial charge in [-0.1, -0.05) is 60.8 Å². The molecule has 0 radical (unpaired) electrons. The molecule has 0 bridgehead atoms. The van der Waals surface area contributed by atoms with E-state index in [1.807, 2.05) is 18.2 Å². The summed E-state index contributed by atoms with van der Waals surface area (Å²) in [5, 5.41) is 6.98. The van der Waals surface area contributed by atoms with E-state index in [4.69, 9.17) is 27.9 Å². The summed E-state index contributed by atoms with van der Waals surface area (Å²) < 4.78 is 6.04. The fourth-order valence-electron chi connectivity index (χ4n) is 4.56. The number of carbonyl (C=O) groups is 3. The second-order valence-electron chi connectivity index (χ2n) is 10.6. The van der Waals surface area contributed by atoms with E-state index < -0.39 is 18.0 Å². The fourth-order valence-corrected chi connectivity index (χ4v) is 4.88. The molecule has 1 aliphatic rings. The van der Waals surface area contributed by atoms with Gasteiger partial charge in [-0.2, -0.15) is 0 Å². The van der Waals surface area contributed by atoms with Crippen molar-refractivity contribution in [2.75, 3.05) is 20.2 Å². The van der Waals surface area contributed by atoms with Gasteiger partial charge in [0.1, 0.15) is 18.4 Å². The van der Waals surface area contributed by atoms with Gasteiger partial charge in [0, 0.05) is 13.6 Å². The molecule has 2 aromatic carbocycles. The highest BCUT2D eigenvalue weighted by Crippen LogP contribution is 2.33. The number of ketones is 1. The maximum atomic E-state index is 13.4. The standard InChI is InChI=1S/C31H41Cl2N3O4/c1-5-6-9-23-10-7-8-11-28(23)40-17-16-34-29(24-13-14-24)31(39)36(4)20(2)30(38)35-27(21(3)37)19-22-12-15-25(32)26(33)18-22/h7-8,10-12,15,18,20,24,27,29,34H,5-6,9,13-14,16-17,19H2,1-4H3,(H,35,38)/t20-,27-,29+/m1/s1. The summed E-state index contributed by atoms with van der Waals surface area (Å²) in [6, 6.07) is 11.3. The second kappa shape index (κ2) is 15.4. The van der Waals surface area contributed by atoms with Crippen LogP contribution in [0.1, 0.15) is 57.6 Å². The molecule has 0 aromatic heterocycles. The minimum Gasteiger partial charge on any atom is -0.492 e. The number of ether oxygens (including phenoxy) is 1. The molecule has 7 nitrogen and oxygen atoms in total. The van der Waals surface area contributed by atoms with E-state index in [9.17, 15) is 14.4 Å². The van der Waals surface area contributed by atoms with Crippen molar-refractivity contribution in [3.63, 3.8) is 0 Å². The Bertz CT molecular complexity index is 1170. The number of hydrogen-bond donors (Lipinski definition) is 2. The van der Waals surface area contributed by atoms with Crippen molar-refractivity contribution in [2.45, 2.75) is 77.4 Å². The summed E-state index contributed by atoms with van der Waals surface area (Å²) in [6.45, 7) is 6.22. The largest absolute Gasteiger partial charge is 0.492 e. The number of carbonyl (C=O) groups excluding carboxylic acids is 3. The lowest BCUT2D eigenvalue weighted by molar-refractivity contribution is -0.141. The van der Waals surface area contributed by atoms with Crippen molar-refractivity contribution < 1.29 is 19.1 Å². The number of aryl methyl sites for hydroxylation is 1. The van der Waals surface area contributed by atoms with Gasteiger partial charge in [-0.25, -0.2) is 0 Å². The average molecular weight is 591 g/mol. The summed E-state index contributed by atoms with van der Waals surface area (Å²) in [5.41, 5.74) is 1.97. The Hall–Kier alpha value is -2.61. The highest BCUT2D eigenvalue weighted by atomic mass is 35.5. The first kappa shape index (κ1) is 31.9. The van der Waals surface area contributed by atoms with E-state index in [1.54, 1.807) is 32.2 Å². The zero-order valence-electron chi connectivity index (χ0n) is 23.8.